The molecule has 2 heterocycles. The van der Waals surface area contributed by atoms with Crippen molar-refractivity contribution in [3.8, 4) is 5.88 Å². The van der Waals surface area contributed by atoms with Crippen LogP contribution < -0.4 is 10.1 Å². The smallest absolute Gasteiger partial charge is 0.317 e. The van der Waals surface area contributed by atoms with Crippen LogP contribution in [0.25, 0.3) is 0 Å². The minimum atomic E-state index is -3.01. The number of pyridine rings is 1. The zero-order chi connectivity index (χ0) is 15.3. The van der Waals surface area contributed by atoms with Gasteiger partial charge in [0.2, 0.25) is 5.88 Å². The first-order valence-corrected chi connectivity index (χ1v) is 8.55. The van der Waals surface area contributed by atoms with E-state index in [1.807, 2.05) is 0 Å². The number of carbonyl (C=O) groups is 1. The molecule has 8 heteroatoms. The molecule has 1 N–H and O–H groups in total. The summed E-state index contributed by atoms with van der Waals surface area (Å²) in [6.07, 6.45) is 0.479. The number of nitrogens with zero attached hydrogens (tertiary/aromatic N) is 2. The number of aromatic nitrogens is 1. The summed E-state index contributed by atoms with van der Waals surface area (Å²) in [4.78, 5) is 17.8. The highest BCUT2D eigenvalue weighted by Gasteiger charge is 2.22. The van der Waals surface area contributed by atoms with Crippen molar-refractivity contribution in [2.24, 2.45) is 0 Å². The van der Waals surface area contributed by atoms with Gasteiger partial charge in [0.05, 0.1) is 30.9 Å². The van der Waals surface area contributed by atoms with Gasteiger partial charge in [-0.1, -0.05) is 6.07 Å². The van der Waals surface area contributed by atoms with Crippen LogP contribution in [0.5, 0.6) is 5.88 Å². The Morgan fingerprint density at radius 2 is 2.19 bits per heavy atom. The molecule has 0 aliphatic carbocycles. The second-order valence-corrected chi connectivity index (χ2v) is 7.13. The van der Waals surface area contributed by atoms with Crippen molar-refractivity contribution in [2.45, 2.75) is 13.0 Å². The molecule has 0 bridgehead atoms. The van der Waals surface area contributed by atoms with Gasteiger partial charge >= 0.3 is 6.03 Å². The van der Waals surface area contributed by atoms with Crippen molar-refractivity contribution in [2.75, 3.05) is 31.7 Å². The van der Waals surface area contributed by atoms with Crippen LogP contribution in [0.4, 0.5) is 4.79 Å². The largest absolute Gasteiger partial charge is 0.481 e. The summed E-state index contributed by atoms with van der Waals surface area (Å²) in [5, 5.41) is 2.75. The van der Waals surface area contributed by atoms with E-state index in [4.69, 9.17) is 4.74 Å². The first kappa shape index (κ1) is 15.6. The van der Waals surface area contributed by atoms with Gasteiger partial charge in [-0.25, -0.2) is 18.2 Å². The molecule has 1 aliphatic rings. The van der Waals surface area contributed by atoms with Gasteiger partial charge in [0.1, 0.15) is 0 Å². The van der Waals surface area contributed by atoms with Crippen molar-refractivity contribution in [3.05, 3.63) is 23.9 Å². The second kappa shape index (κ2) is 6.75. The number of urea groups is 1. The maximum absolute atomic E-state index is 12.1. The predicted octanol–water partition coefficient (Wildman–Crippen LogP) is 0.420. The Bertz CT molecular complexity index is 603. The standard InChI is InChI=1S/C13H19N3O4S/c1-20-12-5-2-4-11(15-12)10-14-13(17)16-6-3-8-21(18,19)9-7-16/h2,4-5H,3,6-10H2,1H3,(H,14,17). The molecule has 7 nitrogen and oxygen atoms in total. The minimum absolute atomic E-state index is 0.0256. The molecule has 1 aromatic heterocycles. The molecular weight excluding hydrogens is 294 g/mol. The summed E-state index contributed by atoms with van der Waals surface area (Å²) in [6.45, 7) is 0.968. The Kier molecular flexibility index (Phi) is 5.00. The summed E-state index contributed by atoms with van der Waals surface area (Å²) >= 11 is 0. The number of carbonyl (C=O) groups excluding carboxylic acids is 1. The number of methoxy groups -OCH3 is 1. The van der Waals surface area contributed by atoms with Gasteiger partial charge in [0.25, 0.3) is 0 Å². The highest BCUT2D eigenvalue weighted by atomic mass is 32.2. The van der Waals surface area contributed by atoms with E-state index < -0.39 is 9.84 Å². The summed E-state index contributed by atoms with van der Waals surface area (Å²) in [6, 6.07) is 5.05. The average molecular weight is 313 g/mol. The lowest BCUT2D eigenvalue weighted by Crippen LogP contribution is -2.41. The van der Waals surface area contributed by atoms with Crippen molar-refractivity contribution >= 4 is 15.9 Å². The molecular formula is C13H19N3O4S. The molecule has 0 saturated carbocycles. The Morgan fingerprint density at radius 3 is 2.95 bits per heavy atom. The van der Waals surface area contributed by atoms with E-state index in [9.17, 15) is 13.2 Å². The zero-order valence-corrected chi connectivity index (χ0v) is 12.7. The predicted molar refractivity (Wildman–Crippen MR) is 77.9 cm³/mol. The molecule has 2 rings (SSSR count). The van der Waals surface area contributed by atoms with Gasteiger partial charge < -0.3 is 15.0 Å². The molecule has 1 aromatic rings. The highest BCUT2D eigenvalue weighted by molar-refractivity contribution is 7.91. The van der Waals surface area contributed by atoms with E-state index in [2.05, 4.69) is 10.3 Å². The summed E-state index contributed by atoms with van der Waals surface area (Å²) < 4.78 is 28.0. The second-order valence-electron chi connectivity index (χ2n) is 4.82. The van der Waals surface area contributed by atoms with Gasteiger partial charge in [-0.3, -0.25) is 0 Å². The molecule has 0 atom stereocenters. The van der Waals surface area contributed by atoms with Crippen LogP contribution in [-0.2, 0) is 16.4 Å². The van der Waals surface area contributed by atoms with Gasteiger partial charge in [-0.15, -0.1) is 0 Å². The van der Waals surface area contributed by atoms with Crippen molar-refractivity contribution in [1.29, 1.82) is 0 Å². The topological polar surface area (TPSA) is 88.6 Å². The van der Waals surface area contributed by atoms with E-state index >= 15 is 0 Å². The number of hydrogen-bond acceptors (Lipinski definition) is 5. The van der Waals surface area contributed by atoms with Crippen LogP contribution in [0.15, 0.2) is 18.2 Å². The third-order valence-corrected chi connectivity index (χ3v) is 4.97. The number of amides is 2. The van der Waals surface area contributed by atoms with Crippen molar-refractivity contribution in [1.82, 2.24) is 15.2 Å². The molecule has 116 valence electrons. The highest BCUT2D eigenvalue weighted by Crippen LogP contribution is 2.08. The van der Waals surface area contributed by atoms with Gasteiger partial charge in [-0.05, 0) is 12.5 Å². The SMILES string of the molecule is COc1cccc(CNC(=O)N2CCCS(=O)(=O)CC2)n1. The summed E-state index contributed by atoms with van der Waals surface area (Å²) in [5.74, 6) is 0.661. The van der Waals surface area contributed by atoms with Gasteiger partial charge in [-0.2, -0.15) is 0 Å². The third-order valence-electron chi connectivity index (χ3n) is 3.25. The molecule has 1 aliphatic heterocycles. The minimum Gasteiger partial charge on any atom is -0.481 e. The van der Waals surface area contributed by atoms with Crippen LogP contribution in [0, 0.1) is 0 Å². The van der Waals surface area contributed by atoms with Crippen LogP contribution in [0.2, 0.25) is 0 Å². The fourth-order valence-corrected chi connectivity index (χ4v) is 3.36. The lowest BCUT2D eigenvalue weighted by atomic mass is 10.3. The average Bonchev–Trinajstić information content (AvgIpc) is 2.66. The van der Waals surface area contributed by atoms with Crippen LogP contribution in [0.1, 0.15) is 12.1 Å². The molecule has 1 saturated heterocycles. The number of ether oxygens (including phenoxy) is 1. The third kappa shape index (κ3) is 4.59. The summed E-state index contributed by atoms with van der Waals surface area (Å²) in [7, 11) is -1.48. The zero-order valence-electron chi connectivity index (χ0n) is 11.9. The van der Waals surface area contributed by atoms with E-state index in [0.29, 0.717) is 24.5 Å². The first-order valence-electron chi connectivity index (χ1n) is 6.73. The molecule has 2 amide bonds. The first-order chi connectivity index (χ1) is 10.00. The van der Waals surface area contributed by atoms with E-state index in [0.717, 1.165) is 0 Å². The normalized spacial score (nSPS) is 17.9. The quantitative estimate of drug-likeness (QED) is 0.873. The van der Waals surface area contributed by atoms with Crippen LogP contribution >= 0.6 is 0 Å². The Hall–Kier alpha value is -1.83. The fraction of sp³-hybridized carbons (Fsp3) is 0.538. The number of hydrogen-bond donors (Lipinski definition) is 1. The number of sulfone groups is 1. The Labute approximate surface area is 124 Å². The fourth-order valence-electron chi connectivity index (χ4n) is 2.09. The molecule has 21 heavy (non-hydrogen) atoms. The van der Waals surface area contributed by atoms with Crippen LogP contribution in [-0.4, -0.2) is 56.0 Å². The van der Waals surface area contributed by atoms with E-state index in [-0.39, 0.29) is 30.6 Å². The van der Waals surface area contributed by atoms with E-state index in [1.165, 1.54) is 12.0 Å². The lowest BCUT2D eigenvalue weighted by Gasteiger charge is -2.20. The summed E-state index contributed by atoms with van der Waals surface area (Å²) in [5.41, 5.74) is 0.685. The molecule has 0 aromatic carbocycles. The van der Waals surface area contributed by atoms with Crippen molar-refractivity contribution in [3.63, 3.8) is 0 Å². The van der Waals surface area contributed by atoms with Gasteiger partial charge in [0.15, 0.2) is 9.84 Å². The maximum atomic E-state index is 12.1. The lowest BCUT2D eigenvalue weighted by molar-refractivity contribution is 0.201. The van der Waals surface area contributed by atoms with Gasteiger partial charge in [0, 0.05) is 19.2 Å². The maximum Gasteiger partial charge on any atom is 0.317 e. The molecule has 1 fully saturated rings. The molecule has 0 spiro atoms. The Balaban J connectivity index is 1.89. The monoisotopic (exact) mass is 313 g/mol. The van der Waals surface area contributed by atoms with Crippen LogP contribution in [0.3, 0.4) is 0 Å². The van der Waals surface area contributed by atoms with Crippen molar-refractivity contribution < 1.29 is 17.9 Å². The Morgan fingerprint density at radius 1 is 1.38 bits per heavy atom. The number of nitrogens with one attached hydrogen (secondary N) is 1. The van der Waals surface area contributed by atoms with E-state index in [1.54, 1.807) is 18.2 Å². The number of rotatable bonds is 3. The molecule has 0 radical (unpaired) electrons. The molecule has 0 unspecified atom stereocenters.